The van der Waals surface area contributed by atoms with Crippen LogP contribution in [-0.2, 0) is 12.8 Å². The minimum atomic E-state index is -0.206. The van der Waals surface area contributed by atoms with Gasteiger partial charge in [-0.1, -0.05) is 120 Å². The van der Waals surface area contributed by atoms with Gasteiger partial charge in [-0.05, 0) is 72.2 Å². The van der Waals surface area contributed by atoms with Gasteiger partial charge in [0, 0.05) is 10.9 Å². The van der Waals surface area contributed by atoms with E-state index in [4.69, 9.17) is 0 Å². The van der Waals surface area contributed by atoms with E-state index in [1.54, 1.807) is 0 Å². The molecule has 0 aromatic heterocycles. The standard InChI is InChI=1S/C35H43F/c1-3-5-6-7-9-31-21-25-34-33(26-31)24-23-32(35(34)36)22-20-30-18-16-29(17-19-30)15-14-28-12-10-27(8-4-2)11-13-28/h16-19,21,23-28H,3-15H2,1-2H3. The zero-order valence-electron chi connectivity index (χ0n) is 22.4. The number of halogens is 1. The maximum absolute atomic E-state index is 15.2. The summed E-state index contributed by atoms with van der Waals surface area (Å²) < 4.78 is 15.2. The van der Waals surface area contributed by atoms with E-state index in [1.165, 1.54) is 81.8 Å². The van der Waals surface area contributed by atoms with Crippen LogP contribution in [-0.4, -0.2) is 0 Å². The molecule has 1 heteroatoms. The molecule has 1 saturated carbocycles. The van der Waals surface area contributed by atoms with Crippen molar-refractivity contribution in [1.82, 2.24) is 0 Å². The highest BCUT2D eigenvalue weighted by molar-refractivity contribution is 5.85. The lowest BCUT2D eigenvalue weighted by atomic mass is 9.78. The van der Waals surface area contributed by atoms with Crippen LogP contribution in [0, 0.1) is 29.5 Å². The van der Waals surface area contributed by atoms with Crippen molar-refractivity contribution in [3.63, 3.8) is 0 Å². The van der Waals surface area contributed by atoms with Crippen molar-refractivity contribution in [2.75, 3.05) is 0 Å². The minimum Gasteiger partial charge on any atom is -0.205 e. The van der Waals surface area contributed by atoms with Gasteiger partial charge < -0.3 is 0 Å². The number of benzene rings is 3. The Bertz CT molecular complexity index is 1150. The fourth-order valence-corrected chi connectivity index (χ4v) is 5.83. The molecule has 36 heavy (non-hydrogen) atoms. The zero-order chi connectivity index (χ0) is 25.2. The summed E-state index contributed by atoms with van der Waals surface area (Å²) in [5, 5.41) is 1.63. The van der Waals surface area contributed by atoms with E-state index < -0.39 is 0 Å². The Labute approximate surface area is 218 Å². The maximum Gasteiger partial charge on any atom is 0.146 e. The zero-order valence-corrected chi connectivity index (χ0v) is 22.4. The van der Waals surface area contributed by atoms with Crippen LogP contribution in [0.25, 0.3) is 10.8 Å². The molecule has 0 nitrogen and oxygen atoms in total. The van der Waals surface area contributed by atoms with Gasteiger partial charge in [0.15, 0.2) is 0 Å². The van der Waals surface area contributed by atoms with E-state index in [0.29, 0.717) is 10.9 Å². The predicted octanol–water partition coefficient (Wildman–Crippen LogP) is 10.0. The molecule has 4 rings (SSSR count). The van der Waals surface area contributed by atoms with Crippen molar-refractivity contribution in [3.8, 4) is 11.8 Å². The Hall–Kier alpha value is -2.59. The first kappa shape index (κ1) is 26.5. The predicted molar refractivity (Wildman–Crippen MR) is 153 cm³/mol. The molecule has 190 valence electrons. The first-order valence-corrected chi connectivity index (χ1v) is 14.5. The van der Waals surface area contributed by atoms with E-state index in [-0.39, 0.29) is 5.82 Å². The molecule has 0 unspecified atom stereocenters. The molecule has 0 amide bonds. The molecule has 0 radical (unpaired) electrons. The summed E-state index contributed by atoms with van der Waals surface area (Å²) in [7, 11) is 0. The number of hydrogen-bond acceptors (Lipinski definition) is 0. The monoisotopic (exact) mass is 482 g/mol. The third kappa shape index (κ3) is 7.46. The molecule has 1 fully saturated rings. The van der Waals surface area contributed by atoms with Crippen LogP contribution in [0.4, 0.5) is 4.39 Å². The Balaban J connectivity index is 1.33. The van der Waals surface area contributed by atoms with Crippen molar-refractivity contribution in [2.24, 2.45) is 11.8 Å². The largest absolute Gasteiger partial charge is 0.205 e. The summed E-state index contributed by atoms with van der Waals surface area (Å²) in [6.07, 6.45) is 16.9. The molecular weight excluding hydrogens is 439 g/mol. The van der Waals surface area contributed by atoms with Gasteiger partial charge in [-0.25, -0.2) is 4.39 Å². The van der Waals surface area contributed by atoms with E-state index in [2.05, 4.69) is 62.1 Å². The summed E-state index contributed by atoms with van der Waals surface area (Å²) >= 11 is 0. The highest BCUT2D eigenvalue weighted by Gasteiger charge is 2.20. The average Bonchev–Trinajstić information content (AvgIpc) is 2.91. The summed E-state index contributed by atoms with van der Waals surface area (Å²) in [5.41, 5.74) is 4.10. The molecular formula is C35H43F. The van der Waals surface area contributed by atoms with Crippen LogP contribution in [0.5, 0.6) is 0 Å². The first-order chi connectivity index (χ1) is 17.7. The Morgan fingerprint density at radius 3 is 2.14 bits per heavy atom. The van der Waals surface area contributed by atoms with Gasteiger partial charge in [-0.2, -0.15) is 0 Å². The van der Waals surface area contributed by atoms with Gasteiger partial charge >= 0.3 is 0 Å². The van der Waals surface area contributed by atoms with Crippen molar-refractivity contribution < 1.29 is 4.39 Å². The van der Waals surface area contributed by atoms with Crippen LogP contribution in [0.2, 0.25) is 0 Å². The van der Waals surface area contributed by atoms with Gasteiger partial charge in [0.2, 0.25) is 0 Å². The summed E-state index contributed by atoms with van der Waals surface area (Å²) in [6, 6.07) is 18.6. The van der Waals surface area contributed by atoms with Gasteiger partial charge in [0.1, 0.15) is 5.82 Å². The summed E-state index contributed by atoms with van der Waals surface area (Å²) in [6.45, 7) is 4.54. The fraction of sp³-hybridized carbons (Fsp3) is 0.486. The van der Waals surface area contributed by atoms with Crippen LogP contribution in [0.1, 0.15) is 107 Å². The van der Waals surface area contributed by atoms with Crippen molar-refractivity contribution >= 4 is 10.8 Å². The van der Waals surface area contributed by atoms with Crippen LogP contribution in [0.3, 0.4) is 0 Å². The third-order valence-electron chi connectivity index (χ3n) is 8.14. The van der Waals surface area contributed by atoms with Gasteiger partial charge in [0.05, 0.1) is 5.56 Å². The molecule has 0 heterocycles. The lowest BCUT2D eigenvalue weighted by Crippen LogP contribution is -2.15. The summed E-state index contributed by atoms with van der Waals surface area (Å²) in [5.74, 6) is 7.92. The van der Waals surface area contributed by atoms with Gasteiger partial charge in [-0.3, -0.25) is 0 Å². The molecule has 0 bridgehead atoms. The number of hydrogen-bond donors (Lipinski definition) is 0. The Morgan fingerprint density at radius 1 is 0.694 bits per heavy atom. The van der Waals surface area contributed by atoms with E-state index >= 15 is 4.39 Å². The summed E-state index contributed by atoms with van der Waals surface area (Å²) in [4.78, 5) is 0. The van der Waals surface area contributed by atoms with Crippen molar-refractivity contribution in [2.45, 2.75) is 97.3 Å². The normalized spacial score (nSPS) is 17.6. The van der Waals surface area contributed by atoms with Gasteiger partial charge in [0.25, 0.3) is 0 Å². The van der Waals surface area contributed by atoms with Gasteiger partial charge in [-0.15, -0.1) is 0 Å². The number of aryl methyl sites for hydroxylation is 2. The maximum atomic E-state index is 15.2. The third-order valence-corrected chi connectivity index (χ3v) is 8.14. The topological polar surface area (TPSA) is 0 Å². The van der Waals surface area contributed by atoms with E-state index in [9.17, 15) is 0 Å². The Kier molecular flexibility index (Phi) is 10.0. The lowest BCUT2D eigenvalue weighted by Gasteiger charge is -2.28. The number of rotatable bonds is 10. The highest BCUT2D eigenvalue weighted by Crippen LogP contribution is 2.33. The van der Waals surface area contributed by atoms with Crippen LogP contribution in [0.15, 0.2) is 54.6 Å². The van der Waals surface area contributed by atoms with Crippen molar-refractivity contribution in [1.29, 1.82) is 0 Å². The molecule has 3 aromatic rings. The fourth-order valence-electron chi connectivity index (χ4n) is 5.83. The SMILES string of the molecule is CCCCCCc1ccc2c(F)c(C#Cc3ccc(CCC4CCC(CCC)CC4)cc3)ccc2c1. The highest BCUT2D eigenvalue weighted by atomic mass is 19.1. The molecule has 1 aliphatic carbocycles. The second-order valence-electron chi connectivity index (χ2n) is 11.0. The molecule has 0 spiro atoms. The van der Waals surface area contributed by atoms with Crippen LogP contribution < -0.4 is 0 Å². The molecule has 0 aliphatic heterocycles. The molecule has 1 aliphatic rings. The van der Waals surface area contributed by atoms with E-state index in [1.807, 2.05) is 18.2 Å². The quantitative estimate of drug-likeness (QED) is 0.199. The number of fused-ring (bicyclic) bond motifs is 1. The number of unbranched alkanes of at least 4 members (excludes halogenated alkanes) is 3. The molecule has 3 aromatic carbocycles. The average molecular weight is 483 g/mol. The molecule has 0 N–H and O–H groups in total. The van der Waals surface area contributed by atoms with Crippen molar-refractivity contribution in [3.05, 3.63) is 82.7 Å². The molecule has 0 saturated heterocycles. The first-order valence-electron chi connectivity index (χ1n) is 14.5. The van der Waals surface area contributed by atoms with E-state index in [0.717, 1.165) is 35.6 Å². The second kappa shape index (κ2) is 13.6. The van der Waals surface area contributed by atoms with Crippen LogP contribution >= 0.6 is 0 Å². The second-order valence-corrected chi connectivity index (χ2v) is 11.0. The smallest absolute Gasteiger partial charge is 0.146 e. The minimum absolute atomic E-state index is 0.206. The Morgan fingerprint density at radius 2 is 1.42 bits per heavy atom. The molecule has 0 atom stereocenters. The lowest BCUT2D eigenvalue weighted by molar-refractivity contribution is 0.252.